The normalized spacial score (nSPS) is 13.5. The number of rotatable bonds is 9. The van der Waals surface area contributed by atoms with E-state index < -0.39 is 17.3 Å². The Labute approximate surface area is 190 Å². The van der Waals surface area contributed by atoms with E-state index in [4.69, 9.17) is 16.2 Å². The van der Waals surface area contributed by atoms with E-state index in [-0.39, 0.29) is 19.1 Å². The molecule has 1 aromatic carbocycles. The lowest BCUT2D eigenvalue weighted by molar-refractivity contribution is -0.117. The highest BCUT2D eigenvalue weighted by atomic mass is 32.2. The second kappa shape index (κ2) is 10.0. The molecule has 164 valence electrons. The largest absolute Gasteiger partial charge is 0.448 e. The second-order valence-electron chi connectivity index (χ2n) is 7.30. The molecule has 2 amide bonds. The van der Waals surface area contributed by atoms with Crippen molar-refractivity contribution in [1.82, 2.24) is 4.98 Å². The van der Waals surface area contributed by atoms with Gasteiger partial charge in [-0.2, -0.15) is 10.5 Å². The molecule has 1 fully saturated rings. The zero-order valence-corrected chi connectivity index (χ0v) is 18.3. The van der Waals surface area contributed by atoms with Gasteiger partial charge in [0.05, 0.1) is 17.7 Å². The minimum Gasteiger partial charge on any atom is -0.448 e. The molecule has 2 aromatic rings. The van der Waals surface area contributed by atoms with Crippen LogP contribution in [0, 0.1) is 22.7 Å². The van der Waals surface area contributed by atoms with Gasteiger partial charge in [-0.15, -0.1) is 0 Å². The highest BCUT2D eigenvalue weighted by Gasteiger charge is 2.34. The average Bonchev–Trinajstić information content (AvgIpc) is 3.61. The first-order valence-corrected chi connectivity index (χ1v) is 10.8. The number of pyridine rings is 1. The number of carbonyl (C=O) groups is 2. The minimum absolute atomic E-state index is 0.00749. The first kappa shape index (κ1) is 22.9. The van der Waals surface area contributed by atoms with Crippen molar-refractivity contribution in [2.75, 3.05) is 25.1 Å². The number of hydrogen-bond donors (Lipinski definition) is 2. The number of anilines is 1. The van der Waals surface area contributed by atoms with Crippen LogP contribution in [0.15, 0.2) is 35.4 Å². The Bertz CT molecular complexity index is 1110. The van der Waals surface area contributed by atoms with Gasteiger partial charge in [-0.3, -0.25) is 4.79 Å². The van der Waals surface area contributed by atoms with Gasteiger partial charge in [0.2, 0.25) is 5.91 Å². The maximum atomic E-state index is 12.2. The van der Waals surface area contributed by atoms with Crippen molar-refractivity contribution < 1.29 is 14.3 Å². The zero-order chi connectivity index (χ0) is 23.3. The topological polar surface area (TPSA) is 159 Å². The number of aromatic nitrogens is 1. The van der Waals surface area contributed by atoms with E-state index >= 15 is 0 Å². The van der Waals surface area contributed by atoms with Crippen LogP contribution in [-0.2, 0) is 9.53 Å². The van der Waals surface area contributed by atoms with Gasteiger partial charge in [-0.1, -0.05) is 42.1 Å². The van der Waals surface area contributed by atoms with E-state index in [1.165, 1.54) is 0 Å². The van der Waals surface area contributed by atoms with Crippen LogP contribution in [-0.4, -0.2) is 37.2 Å². The molecule has 3 rings (SSSR count). The van der Waals surface area contributed by atoms with E-state index in [1.54, 1.807) is 36.2 Å². The van der Waals surface area contributed by atoms with E-state index in [2.05, 4.69) is 17.1 Å². The predicted molar refractivity (Wildman–Crippen MR) is 119 cm³/mol. The fourth-order valence-corrected chi connectivity index (χ4v) is 4.39. The van der Waals surface area contributed by atoms with Gasteiger partial charge in [-0.25, -0.2) is 9.78 Å². The molecule has 1 atom stereocenters. The Kier molecular flexibility index (Phi) is 7.18. The average molecular weight is 451 g/mol. The standard InChI is InChI=1S/C22H22N6O3S/c1-28(9-10-31-22(26)30)20-15(11-23)17(13-7-8-13)16(12-24)21(27-20)32-18(19(25)29)14-5-3-2-4-6-14/h2-6,13,18H,7-10H2,1H3,(H2,25,29)(H2,26,30). The van der Waals surface area contributed by atoms with E-state index in [0.717, 1.165) is 24.6 Å². The Morgan fingerprint density at radius 1 is 1.22 bits per heavy atom. The van der Waals surface area contributed by atoms with Crippen molar-refractivity contribution in [1.29, 1.82) is 10.5 Å². The van der Waals surface area contributed by atoms with Crippen LogP contribution in [0.3, 0.4) is 0 Å². The zero-order valence-electron chi connectivity index (χ0n) is 17.4. The van der Waals surface area contributed by atoms with Crippen LogP contribution in [0.25, 0.3) is 0 Å². The monoisotopic (exact) mass is 450 g/mol. The summed E-state index contributed by atoms with van der Waals surface area (Å²) in [5.74, 6) is -0.131. The molecule has 9 nitrogen and oxygen atoms in total. The predicted octanol–water partition coefficient (Wildman–Crippen LogP) is 2.55. The minimum atomic E-state index is -0.895. The van der Waals surface area contributed by atoms with Gasteiger partial charge in [-0.05, 0) is 29.9 Å². The summed E-state index contributed by atoms with van der Waals surface area (Å²) in [6, 6.07) is 13.4. The number of carbonyl (C=O) groups excluding carboxylic acids is 2. The number of ether oxygens (including phenoxy) is 1. The van der Waals surface area contributed by atoms with Crippen LogP contribution < -0.4 is 16.4 Å². The van der Waals surface area contributed by atoms with Crippen molar-refractivity contribution in [3.05, 3.63) is 52.6 Å². The Morgan fingerprint density at radius 3 is 2.41 bits per heavy atom. The number of hydrogen-bond acceptors (Lipinski definition) is 8. The number of amides is 2. The molecule has 0 spiro atoms. The van der Waals surface area contributed by atoms with Crippen LogP contribution in [0.5, 0.6) is 0 Å². The van der Waals surface area contributed by atoms with Crippen molar-refractivity contribution in [2.24, 2.45) is 11.5 Å². The number of nitrogens with two attached hydrogens (primary N) is 2. The van der Waals surface area contributed by atoms with Gasteiger partial charge in [0.15, 0.2) is 0 Å². The summed E-state index contributed by atoms with van der Waals surface area (Å²) in [6.07, 6.45) is 0.834. The Hall–Kier alpha value is -3.76. The lowest BCUT2D eigenvalue weighted by Gasteiger charge is -2.23. The third-order valence-electron chi connectivity index (χ3n) is 5.02. The molecule has 4 N–H and O–H groups in total. The summed E-state index contributed by atoms with van der Waals surface area (Å²) in [5, 5.41) is 19.4. The van der Waals surface area contributed by atoms with Gasteiger partial charge in [0.25, 0.3) is 0 Å². The maximum Gasteiger partial charge on any atom is 0.404 e. The lowest BCUT2D eigenvalue weighted by atomic mass is 10.00. The van der Waals surface area contributed by atoms with Crippen molar-refractivity contribution >= 4 is 29.6 Å². The summed E-state index contributed by atoms with van der Waals surface area (Å²) >= 11 is 1.09. The van der Waals surface area contributed by atoms with Crippen LogP contribution in [0.1, 0.15) is 46.3 Å². The lowest BCUT2D eigenvalue weighted by Crippen LogP contribution is -2.27. The highest BCUT2D eigenvalue weighted by Crippen LogP contribution is 2.48. The smallest absolute Gasteiger partial charge is 0.404 e. The van der Waals surface area contributed by atoms with Gasteiger partial charge in [0.1, 0.15) is 34.8 Å². The quantitative estimate of drug-likeness (QED) is 0.551. The van der Waals surface area contributed by atoms with Crippen molar-refractivity contribution in [2.45, 2.75) is 29.0 Å². The van der Waals surface area contributed by atoms with E-state index in [1.807, 2.05) is 6.07 Å². The summed E-state index contributed by atoms with van der Waals surface area (Å²) in [7, 11) is 1.70. The molecule has 10 heteroatoms. The summed E-state index contributed by atoms with van der Waals surface area (Å²) < 4.78 is 4.79. The molecule has 0 saturated heterocycles. The number of thioether (sulfide) groups is 1. The van der Waals surface area contributed by atoms with Gasteiger partial charge >= 0.3 is 6.09 Å². The maximum absolute atomic E-state index is 12.2. The molecule has 1 aromatic heterocycles. The van der Waals surface area contributed by atoms with Crippen LogP contribution in [0.2, 0.25) is 0 Å². The third-order valence-corrected chi connectivity index (χ3v) is 6.27. The van der Waals surface area contributed by atoms with E-state index in [9.17, 15) is 20.1 Å². The molecule has 1 heterocycles. The molecule has 32 heavy (non-hydrogen) atoms. The highest BCUT2D eigenvalue weighted by molar-refractivity contribution is 8.00. The fraction of sp³-hybridized carbons (Fsp3) is 0.318. The van der Waals surface area contributed by atoms with Crippen molar-refractivity contribution in [3.63, 3.8) is 0 Å². The number of nitrogens with zero attached hydrogens (tertiary/aromatic N) is 4. The molecule has 1 unspecified atom stereocenters. The van der Waals surface area contributed by atoms with E-state index in [0.29, 0.717) is 33.1 Å². The first-order chi connectivity index (χ1) is 15.4. The summed E-state index contributed by atoms with van der Waals surface area (Å²) in [5.41, 5.74) is 12.6. The van der Waals surface area contributed by atoms with Crippen LogP contribution >= 0.6 is 11.8 Å². The second-order valence-corrected chi connectivity index (χ2v) is 8.40. The first-order valence-electron chi connectivity index (χ1n) is 9.89. The number of nitriles is 2. The molecule has 1 saturated carbocycles. The molecule has 0 bridgehead atoms. The van der Waals surface area contributed by atoms with Crippen LogP contribution in [0.4, 0.5) is 10.6 Å². The molecular formula is C22H22N6O3S. The SMILES string of the molecule is CN(CCOC(N)=O)c1nc(SC(C(N)=O)c2ccccc2)c(C#N)c(C2CC2)c1C#N. The fourth-order valence-electron chi connectivity index (χ4n) is 3.35. The van der Waals surface area contributed by atoms with Crippen molar-refractivity contribution in [3.8, 4) is 12.1 Å². The molecule has 1 aliphatic rings. The van der Waals surface area contributed by atoms with Gasteiger partial charge < -0.3 is 21.1 Å². The Balaban J connectivity index is 2.08. The molecule has 1 aliphatic carbocycles. The Morgan fingerprint density at radius 2 is 1.88 bits per heavy atom. The summed E-state index contributed by atoms with van der Waals surface area (Å²) in [4.78, 5) is 29.4. The number of primary amides is 2. The number of benzene rings is 1. The molecular weight excluding hydrogens is 428 g/mol. The molecule has 0 aliphatic heterocycles. The van der Waals surface area contributed by atoms with Gasteiger partial charge in [0, 0.05) is 7.05 Å². The summed E-state index contributed by atoms with van der Waals surface area (Å²) in [6.45, 7) is 0.246. The third kappa shape index (κ3) is 5.10. The number of likely N-dealkylation sites (N-methyl/N-ethyl adjacent to an activating group) is 1. The molecule has 0 radical (unpaired) electrons.